The summed E-state index contributed by atoms with van der Waals surface area (Å²) in [4.78, 5) is 30.5. The van der Waals surface area contributed by atoms with Gasteiger partial charge in [0.1, 0.15) is 11.7 Å². The van der Waals surface area contributed by atoms with Crippen LogP contribution in [0.25, 0.3) is 0 Å². The number of hydrogen-bond acceptors (Lipinski definition) is 5. The van der Waals surface area contributed by atoms with E-state index in [0.29, 0.717) is 31.6 Å². The van der Waals surface area contributed by atoms with E-state index in [4.69, 9.17) is 0 Å². The van der Waals surface area contributed by atoms with Gasteiger partial charge in [0, 0.05) is 24.2 Å². The van der Waals surface area contributed by atoms with Crippen molar-refractivity contribution in [2.45, 2.75) is 56.2 Å². The van der Waals surface area contributed by atoms with E-state index in [1.165, 1.54) is 0 Å². The Morgan fingerprint density at radius 1 is 1.11 bits per heavy atom. The summed E-state index contributed by atoms with van der Waals surface area (Å²) in [6.07, 6.45) is 2.29. The second-order valence-corrected chi connectivity index (χ2v) is 11.7. The normalized spacial score (nSPS) is 19.8. The Morgan fingerprint density at radius 3 is 2.37 bits per heavy atom. The van der Waals surface area contributed by atoms with Crippen LogP contribution in [0, 0.1) is 0 Å². The maximum Gasteiger partial charge on any atom is 0.433 e. The highest BCUT2D eigenvalue weighted by Crippen LogP contribution is 2.41. The first-order chi connectivity index (χ1) is 17.9. The van der Waals surface area contributed by atoms with Crippen molar-refractivity contribution in [3.8, 4) is 0 Å². The molecule has 1 aromatic heterocycles. The molecule has 1 aromatic carbocycles. The number of amides is 3. The summed E-state index contributed by atoms with van der Waals surface area (Å²) >= 11 is 0. The van der Waals surface area contributed by atoms with Crippen LogP contribution in [0.3, 0.4) is 0 Å². The van der Waals surface area contributed by atoms with Crippen molar-refractivity contribution >= 4 is 33.3 Å². The number of sulfonamides is 1. The SMILES string of the molecule is CS(=O)(=O)NCC1(c2ccc(N3CCC[C@H](NC(=O)Nc4ccc(C(F)(F)F)nc4)C3=O)cc2)CCCC1. The van der Waals surface area contributed by atoms with Gasteiger partial charge in [-0.2, -0.15) is 13.2 Å². The first-order valence-electron chi connectivity index (χ1n) is 12.3. The Bertz CT molecular complexity index is 1260. The largest absolute Gasteiger partial charge is 0.433 e. The summed E-state index contributed by atoms with van der Waals surface area (Å²) in [6, 6.07) is 7.87. The Morgan fingerprint density at radius 2 is 1.79 bits per heavy atom. The Kier molecular flexibility index (Phi) is 7.98. The standard InChI is InChI=1S/C25H30F3N5O4S/c1-38(36,37)30-16-24(12-2-3-13-24)17-6-9-19(10-7-17)33-14-4-5-20(22(33)34)32-23(35)31-18-8-11-21(29-15-18)25(26,27)28/h6-11,15,20,30H,2-5,12-14,16H2,1H3,(H2,31,32,35)/t20-/m0/s1. The van der Waals surface area contributed by atoms with Gasteiger partial charge in [0.15, 0.2) is 0 Å². The van der Waals surface area contributed by atoms with Gasteiger partial charge in [0.25, 0.3) is 0 Å². The van der Waals surface area contributed by atoms with Gasteiger partial charge in [0.2, 0.25) is 15.9 Å². The molecule has 1 saturated carbocycles. The third kappa shape index (κ3) is 6.62. The second kappa shape index (κ2) is 10.9. The number of aromatic nitrogens is 1. The fourth-order valence-electron chi connectivity index (χ4n) is 5.11. The molecule has 13 heteroatoms. The number of hydrogen-bond donors (Lipinski definition) is 3. The molecule has 1 atom stereocenters. The van der Waals surface area contributed by atoms with Crippen LogP contribution >= 0.6 is 0 Å². The maximum atomic E-state index is 13.2. The van der Waals surface area contributed by atoms with Crippen molar-refractivity contribution in [3.63, 3.8) is 0 Å². The molecular formula is C25H30F3N5O4S. The predicted molar refractivity (Wildman–Crippen MR) is 136 cm³/mol. The molecule has 2 fully saturated rings. The van der Waals surface area contributed by atoms with Gasteiger partial charge in [0.05, 0.1) is 18.1 Å². The molecule has 0 spiro atoms. The summed E-state index contributed by atoms with van der Waals surface area (Å²) < 4.78 is 64.0. The summed E-state index contributed by atoms with van der Waals surface area (Å²) in [5.41, 5.74) is 0.388. The minimum absolute atomic E-state index is 0.0670. The molecular weight excluding hydrogens is 523 g/mol. The number of benzene rings is 1. The highest BCUT2D eigenvalue weighted by molar-refractivity contribution is 7.88. The molecule has 38 heavy (non-hydrogen) atoms. The molecule has 4 rings (SSSR count). The quantitative estimate of drug-likeness (QED) is 0.482. The molecule has 1 saturated heterocycles. The lowest BCUT2D eigenvalue weighted by atomic mass is 9.79. The minimum atomic E-state index is -4.58. The van der Waals surface area contributed by atoms with E-state index in [9.17, 15) is 31.2 Å². The number of pyridine rings is 1. The van der Waals surface area contributed by atoms with Crippen LogP contribution in [0.15, 0.2) is 42.6 Å². The molecule has 206 valence electrons. The van der Waals surface area contributed by atoms with Gasteiger partial charge in [-0.3, -0.25) is 4.79 Å². The molecule has 9 nitrogen and oxygen atoms in total. The second-order valence-electron chi connectivity index (χ2n) is 9.84. The topological polar surface area (TPSA) is 120 Å². The number of alkyl halides is 3. The van der Waals surface area contributed by atoms with Crippen LogP contribution < -0.4 is 20.3 Å². The summed E-state index contributed by atoms with van der Waals surface area (Å²) in [5, 5.41) is 5.01. The van der Waals surface area contributed by atoms with Gasteiger partial charge in [-0.1, -0.05) is 25.0 Å². The number of anilines is 2. The summed E-state index contributed by atoms with van der Waals surface area (Å²) in [7, 11) is -3.33. The minimum Gasteiger partial charge on any atom is -0.326 e. The van der Waals surface area contributed by atoms with Crippen molar-refractivity contribution in [1.29, 1.82) is 0 Å². The lowest BCUT2D eigenvalue weighted by Crippen LogP contribution is -2.53. The number of carbonyl (C=O) groups is 2. The van der Waals surface area contributed by atoms with E-state index in [1.807, 2.05) is 24.3 Å². The van der Waals surface area contributed by atoms with Crippen LogP contribution in [0.4, 0.5) is 29.3 Å². The smallest absolute Gasteiger partial charge is 0.326 e. The number of rotatable bonds is 7. The number of urea groups is 1. The molecule has 3 amide bonds. The van der Waals surface area contributed by atoms with Gasteiger partial charge in [-0.15, -0.1) is 0 Å². The average molecular weight is 554 g/mol. The zero-order valence-corrected chi connectivity index (χ0v) is 21.7. The fourth-order valence-corrected chi connectivity index (χ4v) is 5.65. The molecule has 2 aromatic rings. The molecule has 1 aliphatic heterocycles. The van der Waals surface area contributed by atoms with E-state index >= 15 is 0 Å². The zero-order chi connectivity index (χ0) is 27.6. The molecule has 3 N–H and O–H groups in total. The number of halogens is 3. The Balaban J connectivity index is 1.40. The third-order valence-electron chi connectivity index (χ3n) is 7.08. The average Bonchev–Trinajstić information content (AvgIpc) is 3.34. The highest BCUT2D eigenvalue weighted by atomic mass is 32.2. The molecule has 0 radical (unpaired) electrons. The van der Waals surface area contributed by atoms with Gasteiger partial charge in [-0.25, -0.2) is 22.9 Å². The Labute approximate surface area is 219 Å². The van der Waals surface area contributed by atoms with Crippen LogP contribution in [0.1, 0.15) is 49.8 Å². The van der Waals surface area contributed by atoms with Crippen molar-refractivity contribution < 1.29 is 31.2 Å². The maximum absolute atomic E-state index is 13.2. The van der Waals surface area contributed by atoms with Crippen LogP contribution in [0.5, 0.6) is 0 Å². The molecule has 1 aliphatic carbocycles. The first kappa shape index (κ1) is 27.8. The summed E-state index contributed by atoms with van der Waals surface area (Å²) in [5.74, 6) is -0.293. The highest BCUT2D eigenvalue weighted by Gasteiger charge is 2.37. The van der Waals surface area contributed by atoms with E-state index < -0.39 is 34.0 Å². The van der Waals surface area contributed by atoms with Crippen LogP contribution in [0.2, 0.25) is 0 Å². The number of nitrogens with one attached hydrogen (secondary N) is 3. The van der Waals surface area contributed by atoms with E-state index in [1.54, 1.807) is 4.90 Å². The lowest BCUT2D eigenvalue weighted by Gasteiger charge is -2.34. The van der Waals surface area contributed by atoms with Crippen LogP contribution in [-0.4, -0.2) is 50.7 Å². The van der Waals surface area contributed by atoms with Crippen molar-refractivity contribution in [2.24, 2.45) is 0 Å². The van der Waals surface area contributed by atoms with Crippen molar-refractivity contribution in [2.75, 3.05) is 29.6 Å². The summed E-state index contributed by atoms with van der Waals surface area (Å²) in [6.45, 7) is 0.797. The van der Waals surface area contributed by atoms with Gasteiger partial charge >= 0.3 is 12.2 Å². The van der Waals surface area contributed by atoms with E-state index in [-0.39, 0.29) is 17.0 Å². The molecule has 0 bridgehead atoms. The first-order valence-corrected chi connectivity index (χ1v) is 14.2. The number of piperidine rings is 1. The van der Waals surface area contributed by atoms with E-state index in [0.717, 1.165) is 55.8 Å². The number of nitrogens with zero attached hydrogens (tertiary/aromatic N) is 2. The lowest BCUT2D eigenvalue weighted by molar-refractivity contribution is -0.141. The van der Waals surface area contributed by atoms with Gasteiger partial charge in [-0.05, 0) is 55.5 Å². The monoisotopic (exact) mass is 553 g/mol. The zero-order valence-electron chi connectivity index (χ0n) is 20.8. The number of carbonyl (C=O) groups excluding carboxylic acids is 2. The van der Waals surface area contributed by atoms with Crippen molar-refractivity contribution in [3.05, 3.63) is 53.9 Å². The predicted octanol–water partition coefficient (Wildman–Crippen LogP) is 3.78. The molecule has 2 aliphatic rings. The van der Waals surface area contributed by atoms with Crippen molar-refractivity contribution in [1.82, 2.24) is 15.0 Å². The molecule has 0 unspecified atom stereocenters. The molecule has 2 heterocycles. The Hall–Kier alpha value is -3.19. The van der Waals surface area contributed by atoms with E-state index in [2.05, 4.69) is 20.3 Å². The van der Waals surface area contributed by atoms with Crippen LogP contribution in [-0.2, 0) is 26.4 Å². The third-order valence-corrected chi connectivity index (χ3v) is 7.75. The van der Waals surface area contributed by atoms with Gasteiger partial charge < -0.3 is 15.5 Å². The fraction of sp³-hybridized carbons (Fsp3) is 0.480.